The zero-order valence-corrected chi connectivity index (χ0v) is 10.8. The second-order valence-corrected chi connectivity index (χ2v) is 5.08. The topological polar surface area (TPSA) is 66.8 Å². The Balaban J connectivity index is 1.86. The third-order valence-corrected chi connectivity index (χ3v) is 4.03. The number of hydrogen-bond acceptors (Lipinski definition) is 3. The summed E-state index contributed by atoms with van der Waals surface area (Å²) < 4.78 is 5.21. The van der Waals surface area contributed by atoms with Gasteiger partial charge in [0.15, 0.2) is 0 Å². The number of carboxylic acid groups (broad SMARTS) is 1. The van der Waals surface area contributed by atoms with E-state index in [4.69, 9.17) is 9.84 Å². The number of ether oxygens (including phenoxy) is 1. The first-order valence-electron chi connectivity index (χ1n) is 6.76. The van der Waals surface area contributed by atoms with Crippen LogP contribution in [0.3, 0.4) is 0 Å². The van der Waals surface area contributed by atoms with Gasteiger partial charge in [-0.3, -0.25) is 9.59 Å². The van der Waals surface area contributed by atoms with Crippen LogP contribution in [0, 0.1) is 5.92 Å². The summed E-state index contributed by atoms with van der Waals surface area (Å²) >= 11 is 0. The number of carbonyl (C=O) groups excluding carboxylic acids is 1. The zero-order chi connectivity index (χ0) is 13.1. The smallest absolute Gasteiger partial charge is 0.308 e. The minimum atomic E-state index is -0.755. The van der Waals surface area contributed by atoms with Crippen LogP contribution in [0.5, 0.6) is 0 Å². The summed E-state index contributed by atoms with van der Waals surface area (Å²) in [7, 11) is 0. The zero-order valence-electron chi connectivity index (χ0n) is 10.8. The molecule has 0 radical (unpaired) electrons. The van der Waals surface area contributed by atoms with E-state index < -0.39 is 5.97 Å². The fourth-order valence-corrected chi connectivity index (χ4v) is 3.24. The molecular formula is C13H21NO4. The highest BCUT2D eigenvalue weighted by Crippen LogP contribution is 2.42. The fourth-order valence-electron chi connectivity index (χ4n) is 3.24. The number of hydrogen-bond donors (Lipinski definition) is 1. The van der Waals surface area contributed by atoms with Crippen LogP contribution in [0.2, 0.25) is 0 Å². The molecule has 2 heterocycles. The van der Waals surface area contributed by atoms with Gasteiger partial charge >= 0.3 is 5.97 Å². The van der Waals surface area contributed by atoms with Gasteiger partial charge in [-0.05, 0) is 32.6 Å². The first-order chi connectivity index (χ1) is 8.65. The molecular weight excluding hydrogens is 234 g/mol. The predicted octanol–water partition coefficient (Wildman–Crippen LogP) is 1.27. The molecule has 0 aromatic rings. The second-order valence-electron chi connectivity index (χ2n) is 5.08. The van der Waals surface area contributed by atoms with Crippen molar-refractivity contribution in [1.82, 2.24) is 4.90 Å². The normalized spacial score (nSPS) is 29.8. The molecule has 3 unspecified atom stereocenters. The predicted molar refractivity (Wildman–Crippen MR) is 65.1 cm³/mol. The van der Waals surface area contributed by atoms with Crippen LogP contribution >= 0.6 is 0 Å². The highest BCUT2D eigenvalue weighted by atomic mass is 16.5. The highest BCUT2D eigenvalue weighted by molar-refractivity contribution is 5.80. The van der Waals surface area contributed by atoms with Crippen LogP contribution in [0.15, 0.2) is 0 Å². The maximum absolute atomic E-state index is 12.1. The third-order valence-electron chi connectivity index (χ3n) is 4.03. The average molecular weight is 255 g/mol. The van der Waals surface area contributed by atoms with Crippen molar-refractivity contribution in [1.29, 1.82) is 0 Å². The fraction of sp³-hybridized carbons (Fsp3) is 0.846. The lowest BCUT2D eigenvalue weighted by atomic mass is 9.89. The van der Waals surface area contributed by atoms with Gasteiger partial charge in [-0.2, -0.15) is 0 Å². The van der Waals surface area contributed by atoms with E-state index in [1.807, 2.05) is 11.8 Å². The maximum Gasteiger partial charge on any atom is 0.308 e. The SMILES string of the molecule is CCOCCCC(=O)N1C2CCC1C(C(=O)O)C2. The number of fused-ring (bicyclic) bond motifs is 2. The van der Waals surface area contributed by atoms with Crippen LogP contribution < -0.4 is 0 Å². The van der Waals surface area contributed by atoms with Crippen molar-refractivity contribution in [3.63, 3.8) is 0 Å². The molecule has 5 heteroatoms. The van der Waals surface area contributed by atoms with E-state index in [9.17, 15) is 9.59 Å². The van der Waals surface area contributed by atoms with E-state index in [-0.39, 0.29) is 23.9 Å². The van der Waals surface area contributed by atoms with Crippen molar-refractivity contribution in [2.24, 2.45) is 5.92 Å². The summed E-state index contributed by atoms with van der Waals surface area (Å²) in [5.74, 6) is -1.00. The van der Waals surface area contributed by atoms with E-state index in [0.717, 1.165) is 19.3 Å². The number of amides is 1. The quantitative estimate of drug-likeness (QED) is 0.726. The van der Waals surface area contributed by atoms with Crippen molar-refractivity contribution in [3.8, 4) is 0 Å². The molecule has 2 rings (SSSR count). The number of aliphatic carboxylic acids is 1. The van der Waals surface area contributed by atoms with Gasteiger partial charge in [0.25, 0.3) is 0 Å². The molecule has 2 aliphatic rings. The number of rotatable bonds is 6. The van der Waals surface area contributed by atoms with Gasteiger partial charge < -0.3 is 14.7 Å². The van der Waals surface area contributed by atoms with E-state index in [0.29, 0.717) is 26.1 Å². The molecule has 0 aromatic carbocycles. The Morgan fingerprint density at radius 3 is 2.78 bits per heavy atom. The molecule has 2 aliphatic heterocycles. The summed E-state index contributed by atoms with van der Waals surface area (Å²) in [5, 5.41) is 9.12. The third kappa shape index (κ3) is 2.51. The van der Waals surface area contributed by atoms with E-state index in [2.05, 4.69) is 0 Å². The van der Waals surface area contributed by atoms with E-state index >= 15 is 0 Å². The Morgan fingerprint density at radius 1 is 1.39 bits per heavy atom. The molecule has 0 saturated carbocycles. The van der Waals surface area contributed by atoms with Crippen LogP contribution in [0.25, 0.3) is 0 Å². The van der Waals surface area contributed by atoms with Crippen molar-refractivity contribution in [2.75, 3.05) is 13.2 Å². The number of carboxylic acids is 1. The summed E-state index contributed by atoms with van der Waals surface area (Å²) in [4.78, 5) is 25.1. The molecule has 1 N–H and O–H groups in total. The van der Waals surface area contributed by atoms with Crippen LogP contribution in [0.4, 0.5) is 0 Å². The first-order valence-corrected chi connectivity index (χ1v) is 6.76. The molecule has 3 atom stereocenters. The van der Waals surface area contributed by atoms with Crippen molar-refractivity contribution in [3.05, 3.63) is 0 Å². The van der Waals surface area contributed by atoms with Crippen molar-refractivity contribution < 1.29 is 19.4 Å². The largest absolute Gasteiger partial charge is 0.481 e. The maximum atomic E-state index is 12.1. The number of carbonyl (C=O) groups is 2. The van der Waals surface area contributed by atoms with Gasteiger partial charge in [0.05, 0.1) is 5.92 Å². The minimum Gasteiger partial charge on any atom is -0.481 e. The van der Waals surface area contributed by atoms with Gasteiger partial charge in [0, 0.05) is 31.7 Å². The van der Waals surface area contributed by atoms with Crippen LogP contribution in [-0.2, 0) is 14.3 Å². The Hall–Kier alpha value is -1.10. The molecule has 0 spiro atoms. The Kier molecular flexibility index (Phi) is 4.22. The average Bonchev–Trinajstić information content (AvgIpc) is 2.91. The molecule has 2 saturated heterocycles. The van der Waals surface area contributed by atoms with Gasteiger partial charge in [-0.25, -0.2) is 0 Å². The molecule has 2 bridgehead atoms. The molecule has 18 heavy (non-hydrogen) atoms. The summed E-state index contributed by atoms with van der Waals surface area (Å²) in [6.07, 6.45) is 3.64. The summed E-state index contributed by atoms with van der Waals surface area (Å²) in [6, 6.07) is 0.0998. The Morgan fingerprint density at radius 2 is 2.17 bits per heavy atom. The molecule has 0 aliphatic carbocycles. The highest BCUT2D eigenvalue weighted by Gasteiger charge is 2.50. The van der Waals surface area contributed by atoms with Crippen molar-refractivity contribution in [2.45, 2.75) is 51.1 Å². The summed E-state index contributed by atoms with van der Waals surface area (Å²) in [5.41, 5.74) is 0. The van der Waals surface area contributed by atoms with Gasteiger partial charge in [0.2, 0.25) is 5.91 Å². The Bertz CT molecular complexity index is 331. The van der Waals surface area contributed by atoms with Gasteiger partial charge in [0.1, 0.15) is 0 Å². The van der Waals surface area contributed by atoms with E-state index in [1.165, 1.54) is 0 Å². The monoisotopic (exact) mass is 255 g/mol. The Labute approximate surface area is 107 Å². The molecule has 2 fully saturated rings. The number of nitrogens with zero attached hydrogens (tertiary/aromatic N) is 1. The molecule has 1 amide bonds. The lowest BCUT2D eigenvalue weighted by molar-refractivity contribution is -0.143. The van der Waals surface area contributed by atoms with Crippen LogP contribution in [0.1, 0.15) is 39.0 Å². The second kappa shape index (κ2) is 5.69. The van der Waals surface area contributed by atoms with Crippen molar-refractivity contribution >= 4 is 11.9 Å². The van der Waals surface area contributed by atoms with Crippen LogP contribution in [-0.4, -0.2) is 47.2 Å². The first kappa shape index (κ1) is 13.3. The standard InChI is InChI=1S/C13H21NO4/c1-2-18-7-3-4-12(15)14-9-5-6-11(14)10(8-9)13(16)17/h9-11H,2-8H2,1H3,(H,16,17). The summed E-state index contributed by atoms with van der Waals surface area (Å²) in [6.45, 7) is 3.21. The van der Waals surface area contributed by atoms with Gasteiger partial charge in [-0.1, -0.05) is 0 Å². The lowest BCUT2D eigenvalue weighted by Crippen LogP contribution is -2.37. The molecule has 102 valence electrons. The van der Waals surface area contributed by atoms with E-state index in [1.54, 1.807) is 0 Å². The van der Waals surface area contributed by atoms with Gasteiger partial charge in [-0.15, -0.1) is 0 Å². The lowest BCUT2D eigenvalue weighted by Gasteiger charge is -2.23. The minimum absolute atomic E-state index is 0.0629. The molecule has 0 aromatic heterocycles. The molecule has 5 nitrogen and oxygen atoms in total.